The third-order valence-corrected chi connectivity index (χ3v) is 3.63. The SMILES string of the molecule is COc1ccc(C)cc1C(=O)NNC(=O)c1cc(Cl)ccc1Cl. The van der Waals surface area contributed by atoms with E-state index in [-0.39, 0.29) is 10.6 Å². The third kappa shape index (κ3) is 4.15. The summed E-state index contributed by atoms with van der Waals surface area (Å²) in [6, 6.07) is 9.65. The number of carbonyl (C=O) groups is 2. The lowest BCUT2D eigenvalue weighted by Gasteiger charge is -2.11. The largest absolute Gasteiger partial charge is 0.496 e. The van der Waals surface area contributed by atoms with Gasteiger partial charge in [0, 0.05) is 5.02 Å². The summed E-state index contributed by atoms with van der Waals surface area (Å²) in [7, 11) is 1.46. The average Bonchev–Trinajstić information content (AvgIpc) is 2.54. The van der Waals surface area contributed by atoms with Gasteiger partial charge < -0.3 is 4.74 Å². The van der Waals surface area contributed by atoms with E-state index in [2.05, 4.69) is 10.9 Å². The zero-order valence-electron chi connectivity index (χ0n) is 12.4. The molecule has 2 aromatic carbocycles. The van der Waals surface area contributed by atoms with Crippen LogP contribution in [0.1, 0.15) is 26.3 Å². The number of rotatable bonds is 3. The van der Waals surface area contributed by atoms with Gasteiger partial charge in [0.15, 0.2) is 0 Å². The Hall–Kier alpha value is -2.24. The van der Waals surface area contributed by atoms with Crippen LogP contribution in [0.4, 0.5) is 0 Å². The lowest BCUT2D eigenvalue weighted by atomic mass is 10.1. The second-order valence-electron chi connectivity index (χ2n) is 4.74. The maximum atomic E-state index is 12.2. The number of carbonyl (C=O) groups excluding carboxylic acids is 2. The number of aryl methyl sites for hydroxylation is 1. The highest BCUT2D eigenvalue weighted by molar-refractivity contribution is 6.35. The van der Waals surface area contributed by atoms with Crippen LogP contribution in [0.25, 0.3) is 0 Å². The second-order valence-corrected chi connectivity index (χ2v) is 5.58. The minimum Gasteiger partial charge on any atom is -0.496 e. The maximum absolute atomic E-state index is 12.2. The Morgan fingerprint density at radius 3 is 2.26 bits per heavy atom. The standard InChI is InChI=1S/C16H14Cl2N2O3/c1-9-3-6-14(23-2)12(7-9)16(22)20-19-15(21)11-8-10(17)4-5-13(11)18/h3-8H,1-2H3,(H,19,21)(H,20,22). The summed E-state index contributed by atoms with van der Waals surface area (Å²) in [6.45, 7) is 1.85. The van der Waals surface area contributed by atoms with Gasteiger partial charge in [0.25, 0.3) is 11.8 Å². The number of halogens is 2. The Labute approximate surface area is 143 Å². The molecule has 5 nitrogen and oxygen atoms in total. The van der Waals surface area contributed by atoms with Gasteiger partial charge >= 0.3 is 0 Å². The van der Waals surface area contributed by atoms with Crippen LogP contribution in [-0.4, -0.2) is 18.9 Å². The Kier molecular flexibility index (Phi) is 5.47. The third-order valence-electron chi connectivity index (χ3n) is 3.06. The monoisotopic (exact) mass is 352 g/mol. The molecule has 2 aromatic rings. The number of hydrogen-bond donors (Lipinski definition) is 2. The van der Waals surface area contributed by atoms with Gasteiger partial charge in [-0.05, 0) is 37.3 Å². The zero-order valence-corrected chi connectivity index (χ0v) is 14.0. The van der Waals surface area contributed by atoms with Gasteiger partial charge in [0.2, 0.25) is 0 Å². The molecule has 120 valence electrons. The molecule has 0 radical (unpaired) electrons. The molecule has 7 heteroatoms. The normalized spacial score (nSPS) is 10.1. The molecule has 0 atom stereocenters. The number of ether oxygens (including phenoxy) is 1. The first kappa shape index (κ1) is 17.1. The van der Waals surface area contributed by atoms with Crippen molar-refractivity contribution in [3.05, 3.63) is 63.1 Å². The highest BCUT2D eigenvalue weighted by Gasteiger charge is 2.15. The van der Waals surface area contributed by atoms with Gasteiger partial charge in [-0.25, -0.2) is 0 Å². The number of amides is 2. The van der Waals surface area contributed by atoms with Crippen LogP contribution in [0.5, 0.6) is 5.75 Å². The van der Waals surface area contributed by atoms with Gasteiger partial charge in [-0.3, -0.25) is 20.4 Å². The molecule has 0 aliphatic heterocycles. The molecular weight excluding hydrogens is 339 g/mol. The minimum atomic E-state index is -0.572. The van der Waals surface area contributed by atoms with Crippen LogP contribution in [0, 0.1) is 6.92 Å². The van der Waals surface area contributed by atoms with Crippen molar-refractivity contribution in [2.45, 2.75) is 6.92 Å². The first-order valence-electron chi connectivity index (χ1n) is 6.62. The minimum absolute atomic E-state index is 0.163. The summed E-state index contributed by atoms with van der Waals surface area (Å²) in [6.07, 6.45) is 0. The molecule has 0 saturated heterocycles. The van der Waals surface area contributed by atoms with E-state index in [9.17, 15) is 9.59 Å². The molecule has 0 aliphatic rings. The summed E-state index contributed by atoms with van der Waals surface area (Å²) in [4.78, 5) is 24.3. The molecule has 0 aliphatic carbocycles. The van der Waals surface area contributed by atoms with E-state index in [1.54, 1.807) is 18.2 Å². The summed E-state index contributed by atoms with van der Waals surface area (Å²) >= 11 is 11.8. The van der Waals surface area contributed by atoms with Crippen molar-refractivity contribution in [2.24, 2.45) is 0 Å². The molecule has 2 N–H and O–H groups in total. The van der Waals surface area contributed by atoms with Crippen LogP contribution in [0.15, 0.2) is 36.4 Å². The van der Waals surface area contributed by atoms with Gasteiger partial charge in [0.1, 0.15) is 5.75 Å². The number of benzene rings is 2. The zero-order chi connectivity index (χ0) is 17.0. The Balaban J connectivity index is 2.11. The molecule has 0 fully saturated rings. The quantitative estimate of drug-likeness (QED) is 0.832. The fourth-order valence-electron chi connectivity index (χ4n) is 1.92. The molecule has 0 heterocycles. The van der Waals surface area contributed by atoms with Crippen molar-refractivity contribution in [1.29, 1.82) is 0 Å². The molecular formula is C16H14Cl2N2O3. The number of nitrogens with one attached hydrogen (secondary N) is 2. The number of hydrogen-bond acceptors (Lipinski definition) is 3. The first-order valence-corrected chi connectivity index (χ1v) is 7.38. The molecule has 0 aromatic heterocycles. The summed E-state index contributed by atoms with van der Waals surface area (Å²) in [5.41, 5.74) is 5.99. The molecule has 0 spiro atoms. The smallest absolute Gasteiger partial charge is 0.273 e. The van der Waals surface area contributed by atoms with Crippen molar-refractivity contribution in [3.8, 4) is 5.75 Å². The van der Waals surface area contributed by atoms with E-state index < -0.39 is 11.8 Å². The van der Waals surface area contributed by atoms with Gasteiger partial charge in [0.05, 0.1) is 23.3 Å². The molecule has 0 unspecified atom stereocenters. The van der Waals surface area contributed by atoms with Crippen LogP contribution in [-0.2, 0) is 0 Å². The van der Waals surface area contributed by atoms with Gasteiger partial charge in [-0.1, -0.05) is 34.8 Å². The van der Waals surface area contributed by atoms with Crippen molar-refractivity contribution < 1.29 is 14.3 Å². The highest BCUT2D eigenvalue weighted by atomic mass is 35.5. The Morgan fingerprint density at radius 1 is 0.957 bits per heavy atom. The van der Waals surface area contributed by atoms with Crippen molar-refractivity contribution in [3.63, 3.8) is 0 Å². The van der Waals surface area contributed by atoms with Gasteiger partial charge in [-0.2, -0.15) is 0 Å². The summed E-state index contributed by atoms with van der Waals surface area (Å²) in [5, 5.41) is 0.598. The fraction of sp³-hybridized carbons (Fsp3) is 0.125. The predicted octanol–water partition coefficient (Wildman–Crippen LogP) is 3.39. The predicted molar refractivity (Wildman–Crippen MR) is 89.1 cm³/mol. The van der Waals surface area contributed by atoms with Crippen LogP contribution in [0.3, 0.4) is 0 Å². The number of methoxy groups -OCH3 is 1. The molecule has 0 bridgehead atoms. The van der Waals surface area contributed by atoms with Crippen LogP contribution < -0.4 is 15.6 Å². The van der Waals surface area contributed by atoms with Gasteiger partial charge in [-0.15, -0.1) is 0 Å². The number of hydrazine groups is 1. The van der Waals surface area contributed by atoms with E-state index in [0.717, 1.165) is 5.56 Å². The van der Waals surface area contributed by atoms with Crippen molar-refractivity contribution in [2.75, 3.05) is 7.11 Å². The van der Waals surface area contributed by atoms with E-state index in [1.807, 2.05) is 13.0 Å². The highest BCUT2D eigenvalue weighted by Crippen LogP contribution is 2.21. The maximum Gasteiger partial charge on any atom is 0.273 e. The van der Waals surface area contributed by atoms with Crippen LogP contribution >= 0.6 is 23.2 Å². The van der Waals surface area contributed by atoms with E-state index in [4.69, 9.17) is 27.9 Å². The van der Waals surface area contributed by atoms with E-state index in [1.165, 1.54) is 19.2 Å². The van der Waals surface area contributed by atoms with Crippen molar-refractivity contribution in [1.82, 2.24) is 10.9 Å². The fourth-order valence-corrected chi connectivity index (χ4v) is 2.29. The van der Waals surface area contributed by atoms with Crippen LogP contribution in [0.2, 0.25) is 10.0 Å². The van der Waals surface area contributed by atoms with E-state index >= 15 is 0 Å². The average molecular weight is 353 g/mol. The topological polar surface area (TPSA) is 67.4 Å². The first-order chi connectivity index (χ1) is 10.9. The molecule has 2 rings (SSSR count). The lowest BCUT2D eigenvalue weighted by molar-refractivity contribution is 0.0845. The summed E-state index contributed by atoms with van der Waals surface area (Å²) in [5.74, 6) is -0.669. The van der Waals surface area contributed by atoms with Crippen molar-refractivity contribution >= 4 is 35.0 Å². The second kappa shape index (κ2) is 7.35. The molecule has 23 heavy (non-hydrogen) atoms. The van der Waals surface area contributed by atoms with E-state index in [0.29, 0.717) is 16.3 Å². The molecule has 2 amide bonds. The Morgan fingerprint density at radius 2 is 1.61 bits per heavy atom. The molecule has 0 saturated carbocycles. The Bertz CT molecular complexity index is 763. The summed E-state index contributed by atoms with van der Waals surface area (Å²) < 4.78 is 5.14. The lowest BCUT2D eigenvalue weighted by Crippen LogP contribution is -2.41.